The predicted octanol–water partition coefficient (Wildman–Crippen LogP) is 6.36. The van der Waals surface area contributed by atoms with Gasteiger partial charge in [-0.2, -0.15) is 13.2 Å². The molecule has 2 nitrogen and oxygen atoms in total. The number of ether oxygens (including phenoxy) is 1. The molecule has 0 radical (unpaired) electrons. The van der Waals surface area contributed by atoms with E-state index in [-0.39, 0.29) is 23.4 Å². The molecule has 0 aromatic rings. The first-order valence-electron chi connectivity index (χ1n) is 10.7. The van der Waals surface area contributed by atoms with Crippen molar-refractivity contribution in [3.05, 3.63) is 0 Å². The molecule has 164 valence electrons. The Morgan fingerprint density at radius 3 is 1.71 bits per heavy atom. The van der Waals surface area contributed by atoms with E-state index >= 15 is 0 Å². The number of hydrogen-bond donors (Lipinski definition) is 1. The number of hydrogen-bond acceptors (Lipinski definition) is 2. The van der Waals surface area contributed by atoms with Crippen molar-refractivity contribution in [2.75, 3.05) is 7.11 Å². The molecular weight excluding hydrogens is 365 g/mol. The van der Waals surface area contributed by atoms with E-state index < -0.39 is 33.9 Å². The SMILES string of the molecule is COC1(C(C)(C)CC2CC2(O)C(C)(C)CC2CC2(C(C)(C)C)C(F)(F)F)CC1. The zero-order valence-corrected chi connectivity index (χ0v) is 18.9. The first kappa shape index (κ1) is 22.4. The Hall–Kier alpha value is -0.290. The van der Waals surface area contributed by atoms with Crippen molar-refractivity contribution in [3.8, 4) is 0 Å². The van der Waals surface area contributed by atoms with Crippen LogP contribution in [0.25, 0.3) is 0 Å². The van der Waals surface area contributed by atoms with Crippen LogP contribution in [0.2, 0.25) is 0 Å². The molecule has 0 aliphatic heterocycles. The van der Waals surface area contributed by atoms with Gasteiger partial charge < -0.3 is 9.84 Å². The average molecular weight is 405 g/mol. The standard InChI is InChI=1S/C23H39F3O2/c1-17(2,3)21(23(24,25)26)13-15(21)11-19(6,7)22(27)14-16(22)12-18(4,5)20(28-8)9-10-20/h15-16,27H,9-14H2,1-8H3. The van der Waals surface area contributed by atoms with E-state index in [0.717, 1.165) is 19.3 Å². The van der Waals surface area contributed by atoms with Gasteiger partial charge in [-0.05, 0) is 66.6 Å². The molecule has 3 aliphatic rings. The molecule has 0 amide bonds. The summed E-state index contributed by atoms with van der Waals surface area (Å²) in [6.45, 7) is 13.4. The second kappa shape index (κ2) is 5.90. The van der Waals surface area contributed by atoms with E-state index in [2.05, 4.69) is 13.8 Å². The lowest BCUT2D eigenvalue weighted by Gasteiger charge is -2.39. The van der Waals surface area contributed by atoms with E-state index in [1.54, 1.807) is 27.9 Å². The van der Waals surface area contributed by atoms with E-state index in [1.807, 2.05) is 13.8 Å². The van der Waals surface area contributed by atoms with Gasteiger partial charge in [-0.15, -0.1) is 0 Å². The Labute approximate surface area is 168 Å². The fraction of sp³-hybridized carbons (Fsp3) is 1.00. The number of rotatable bonds is 7. The minimum absolute atomic E-state index is 0.0340. The Balaban J connectivity index is 1.69. The van der Waals surface area contributed by atoms with Gasteiger partial charge in [0.25, 0.3) is 0 Å². The molecule has 0 bridgehead atoms. The minimum atomic E-state index is -4.20. The topological polar surface area (TPSA) is 29.5 Å². The number of alkyl halides is 3. The summed E-state index contributed by atoms with van der Waals surface area (Å²) in [6, 6.07) is 0. The van der Waals surface area contributed by atoms with E-state index in [1.165, 1.54) is 0 Å². The number of aliphatic hydroxyl groups is 1. The molecule has 3 fully saturated rings. The van der Waals surface area contributed by atoms with Gasteiger partial charge in [0.2, 0.25) is 0 Å². The molecule has 3 saturated carbocycles. The second-order valence-electron chi connectivity index (χ2n) is 12.3. The highest BCUT2D eigenvalue weighted by molar-refractivity contribution is 5.20. The molecule has 0 heterocycles. The molecule has 1 N–H and O–H groups in total. The van der Waals surface area contributed by atoms with Gasteiger partial charge in [-0.3, -0.25) is 0 Å². The highest BCUT2D eigenvalue weighted by atomic mass is 19.4. The predicted molar refractivity (Wildman–Crippen MR) is 105 cm³/mol. The zero-order chi connectivity index (χ0) is 21.6. The van der Waals surface area contributed by atoms with Gasteiger partial charge >= 0.3 is 6.18 Å². The molecule has 3 rings (SSSR count). The summed E-state index contributed by atoms with van der Waals surface area (Å²) in [5.41, 5.74) is -3.96. The Morgan fingerprint density at radius 1 is 0.857 bits per heavy atom. The highest BCUT2D eigenvalue weighted by Gasteiger charge is 2.76. The maximum atomic E-state index is 13.9. The lowest BCUT2D eigenvalue weighted by atomic mass is 9.70. The van der Waals surface area contributed by atoms with Gasteiger partial charge in [0.05, 0.1) is 16.6 Å². The van der Waals surface area contributed by atoms with E-state index in [4.69, 9.17) is 4.74 Å². The van der Waals surface area contributed by atoms with Crippen molar-refractivity contribution in [2.45, 2.75) is 104 Å². The summed E-state index contributed by atoms with van der Waals surface area (Å²) in [7, 11) is 1.76. The quantitative estimate of drug-likeness (QED) is 0.535. The van der Waals surface area contributed by atoms with Crippen LogP contribution in [-0.4, -0.2) is 29.6 Å². The van der Waals surface area contributed by atoms with Gasteiger partial charge in [-0.25, -0.2) is 0 Å². The fourth-order valence-corrected chi connectivity index (χ4v) is 6.52. The monoisotopic (exact) mass is 404 g/mol. The minimum Gasteiger partial charge on any atom is -0.389 e. The third-order valence-corrected chi connectivity index (χ3v) is 9.04. The van der Waals surface area contributed by atoms with Gasteiger partial charge in [0.1, 0.15) is 0 Å². The Morgan fingerprint density at radius 2 is 1.36 bits per heavy atom. The number of methoxy groups -OCH3 is 1. The summed E-state index contributed by atoms with van der Waals surface area (Å²) in [4.78, 5) is 0. The Bertz CT molecular complexity index is 611. The van der Waals surface area contributed by atoms with Crippen LogP contribution in [-0.2, 0) is 4.74 Å². The number of halogens is 3. The first-order valence-corrected chi connectivity index (χ1v) is 10.7. The molecule has 28 heavy (non-hydrogen) atoms. The van der Waals surface area contributed by atoms with Crippen LogP contribution in [0, 0.1) is 33.5 Å². The van der Waals surface area contributed by atoms with Crippen LogP contribution in [0.5, 0.6) is 0 Å². The van der Waals surface area contributed by atoms with Crippen molar-refractivity contribution in [1.29, 1.82) is 0 Å². The molecule has 3 aliphatic carbocycles. The van der Waals surface area contributed by atoms with Crippen LogP contribution in [0.1, 0.15) is 87.0 Å². The van der Waals surface area contributed by atoms with Crippen molar-refractivity contribution in [1.82, 2.24) is 0 Å². The van der Waals surface area contributed by atoms with Crippen molar-refractivity contribution >= 4 is 0 Å². The lowest BCUT2D eigenvalue weighted by molar-refractivity contribution is -0.222. The normalized spacial score (nSPS) is 37.7. The summed E-state index contributed by atoms with van der Waals surface area (Å²) < 4.78 is 47.6. The summed E-state index contributed by atoms with van der Waals surface area (Å²) in [5.74, 6) is -0.270. The molecular formula is C23H39F3O2. The molecule has 0 aromatic heterocycles. The molecule has 0 saturated heterocycles. The average Bonchev–Trinajstić information content (AvgIpc) is 3.32. The second-order valence-corrected chi connectivity index (χ2v) is 12.3. The zero-order valence-electron chi connectivity index (χ0n) is 18.9. The summed E-state index contributed by atoms with van der Waals surface area (Å²) >= 11 is 0. The van der Waals surface area contributed by atoms with E-state index in [9.17, 15) is 18.3 Å². The van der Waals surface area contributed by atoms with Crippen LogP contribution < -0.4 is 0 Å². The van der Waals surface area contributed by atoms with Crippen LogP contribution in [0.3, 0.4) is 0 Å². The summed E-state index contributed by atoms with van der Waals surface area (Å²) in [5, 5.41) is 11.4. The Kier molecular flexibility index (Phi) is 4.72. The third-order valence-electron chi connectivity index (χ3n) is 9.04. The fourth-order valence-electron chi connectivity index (χ4n) is 6.52. The molecule has 4 unspecified atom stereocenters. The molecule has 5 heteroatoms. The lowest BCUT2D eigenvalue weighted by Crippen LogP contribution is -2.41. The van der Waals surface area contributed by atoms with Gasteiger partial charge in [0, 0.05) is 7.11 Å². The molecule has 0 spiro atoms. The smallest absolute Gasteiger partial charge is 0.389 e. The summed E-state index contributed by atoms with van der Waals surface area (Å²) in [6.07, 6.45) is 0.0463. The highest BCUT2D eigenvalue weighted by Crippen LogP contribution is 2.75. The molecule has 0 aromatic carbocycles. The van der Waals surface area contributed by atoms with Gasteiger partial charge in [0.15, 0.2) is 0 Å². The first-order chi connectivity index (χ1) is 12.4. The van der Waals surface area contributed by atoms with Crippen molar-refractivity contribution in [2.24, 2.45) is 33.5 Å². The maximum absolute atomic E-state index is 13.9. The van der Waals surface area contributed by atoms with Crippen molar-refractivity contribution < 1.29 is 23.0 Å². The van der Waals surface area contributed by atoms with Gasteiger partial charge in [-0.1, -0.05) is 48.5 Å². The largest absolute Gasteiger partial charge is 0.395 e. The van der Waals surface area contributed by atoms with E-state index in [0.29, 0.717) is 12.8 Å². The van der Waals surface area contributed by atoms with Crippen molar-refractivity contribution in [3.63, 3.8) is 0 Å². The molecule has 4 atom stereocenters. The van der Waals surface area contributed by atoms with Crippen LogP contribution in [0.15, 0.2) is 0 Å². The van der Waals surface area contributed by atoms with Crippen LogP contribution in [0.4, 0.5) is 13.2 Å². The maximum Gasteiger partial charge on any atom is 0.395 e. The third kappa shape index (κ3) is 3.05. The van der Waals surface area contributed by atoms with Crippen LogP contribution >= 0.6 is 0 Å².